The second-order valence-corrected chi connectivity index (χ2v) is 6.23. The maximum absolute atomic E-state index is 3.74. The van der Waals surface area contributed by atoms with Gasteiger partial charge in [0.15, 0.2) is 0 Å². The summed E-state index contributed by atoms with van der Waals surface area (Å²) in [5, 5.41) is 3.19. The highest BCUT2D eigenvalue weighted by atomic mass is 79.9. The zero-order chi connectivity index (χ0) is 14.8. The van der Waals surface area contributed by atoms with Gasteiger partial charge in [-0.25, -0.2) is 0 Å². The first-order valence-corrected chi connectivity index (χ1v) is 8.00. The van der Waals surface area contributed by atoms with Crippen molar-refractivity contribution in [2.75, 3.05) is 37.0 Å². The quantitative estimate of drug-likeness (QED) is 0.913. The van der Waals surface area contributed by atoms with E-state index in [1.807, 2.05) is 7.05 Å². The summed E-state index contributed by atoms with van der Waals surface area (Å²) >= 11 is 3.74. The third-order valence-electron chi connectivity index (χ3n) is 3.93. The maximum atomic E-state index is 3.74. The Kier molecular flexibility index (Phi) is 4.17. The summed E-state index contributed by atoms with van der Waals surface area (Å²) in [5.41, 5.74) is 5.08. The topological polar surface area (TPSA) is 18.5 Å². The van der Waals surface area contributed by atoms with Crippen molar-refractivity contribution < 1.29 is 0 Å². The molecular weight excluding hydrogens is 326 g/mol. The van der Waals surface area contributed by atoms with Crippen LogP contribution in [0.3, 0.4) is 0 Å². The molecule has 0 aliphatic carbocycles. The van der Waals surface area contributed by atoms with Gasteiger partial charge in [0.1, 0.15) is 0 Å². The van der Waals surface area contributed by atoms with Crippen LogP contribution in [0, 0.1) is 0 Å². The van der Waals surface area contributed by atoms with E-state index in [9.17, 15) is 0 Å². The van der Waals surface area contributed by atoms with Crippen molar-refractivity contribution in [3.8, 4) is 0 Å². The lowest BCUT2D eigenvalue weighted by Crippen LogP contribution is -2.36. The molecule has 2 aromatic carbocycles. The van der Waals surface area contributed by atoms with Gasteiger partial charge in [-0.2, -0.15) is 0 Å². The molecule has 1 aliphatic heterocycles. The van der Waals surface area contributed by atoms with Crippen LogP contribution in [0.1, 0.15) is 5.56 Å². The fourth-order valence-corrected chi connectivity index (χ4v) is 3.48. The Labute approximate surface area is 134 Å². The van der Waals surface area contributed by atoms with Crippen LogP contribution in [0.15, 0.2) is 46.9 Å². The summed E-state index contributed by atoms with van der Waals surface area (Å²) in [4.78, 5) is 4.71. The predicted octanol–water partition coefficient (Wildman–Crippen LogP) is 3.76. The molecule has 2 aromatic rings. The minimum absolute atomic E-state index is 0.887. The summed E-state index contributed by atoms with van der Waals surface area (Å²) in [5.74, 6) is 0. The molecule has 1 heterocycles. The normalized spacial score (nSPS) is 14.2. The fraction of sp³-hybridized carbons (Fsp3) is 0.294. The van der Waals surface area contributed by atoms with Crippen molar-refractivity contribution in [3.63, 3.8) is 0 Å². The van der Waals surface area contributed by atoms with Crippen LogP contribution in [-0.2, 0) is 6.54 Å². The zero-order valence-corrected chi connectivity index (χ0v) is 14.0. The number of rotatable bonds is 3. The van der Waals surface area contributed by atoms with Gasteiger partial charge in [-0.15, -0.1) is 0 Å². The Hall–Kier alpha value is -1.52. The summed E-state index contributed by atoms with van der Waals surface area (Å²) in [6, 6.07) is 15.2. The van der Waals surface area contributed by atoms with Crippen LogP contribution >= 0.6 is 15.9 Å². The van der Waals surface area contributed by atoms with Crippen molar-refractivity contribution in [1.82, 2.24) is 5.32 Å². The van der Waals surface area contributed by atoms with E-state index in [2.05, 4.69) is 80.6 Å². The molecule has 0 unspecified atom stereocenters. The van der Waals surface area contributed by atoms with Crippen LogP contribution in [0.5, 0.6) is 0 Å². The molecule has 110 valence electrons. The second-order valence-electron chi connectivity index (χ2n) is 5.38. The summed E-state index contributed by atoms with van der Waals surface area (Å²) in [6.45, 7) is 2.91. The van der Waals surface area contributed by atoms with E-state index in [0.717, 1.165) is 24.1 Å². The van der Waals surface area contributed by atoms with Gasteiger partial charge in [0.2, 0.25) is 0 Å². The molecular formula is C17H20BrN3. The van der Waals surface area contributed by atoms with Gasteiger partial charge in [0.05, 0.1) is 17.1 Å². The van der Waals surface area contributed by atoms with Crippen molar-refractivity contribution in [1.29, 1.82) is 0 Å². The first-order chi connectivity index (χ1) is 10.2. The molecule has 3 rings (SSSR count). The van der Waals surface area contributed by atoms with E-state index in [4.69, 9.17) is 0 Å². The molecule has 1 aliphatic rings. The minimum Gasteiger partial charge on any atom is -0.371 e. The SMILES string of the molecule is CNCc1ccc(N2CCN(C)c3ccccc32)c(Br)c1. The van der Waals surface area contributed by atoms with Crippen molar-refractivity contribution in [3.05, 3.63) is 52.5 Å². The molecule has 0 fully saturated rings. The molecule has 0 bridgehead atoms. The molecule has 0 saturated carbocycles. The van der Waals surface area contributed by atoms with Crippen LogP contribution < -0.4 is 15.1 Å². The van der Waals surface area contributed by atoms with E-state index in [0.29, 0.717) is 0 Å². The second kappa shape index (κ2) is 6.08. The molecule has 0 amide bonds. The summed E-state index contributed by atoms with van der Waals surface area (Å²) in [7, 11) is 4.12. The standard InChI is InChI=1S/C17H20BrN3/c1-19-12-13-7-8-15(14(18)11-13)21-10-9-20(2)16-5-3-4-6-17(16)21/h3-8,11,19H,9-10,12H2,1-2H3. The van der Waals surface area contributed by atoms with Gasteiger partial charge in [-0.05, 0) is 52.8 Å². The van der Waals surface area contributed by atoms with Gasteiger partial charge >= 0.3 is 0 Å². The van der Waals surface area contributed by atoms with E-state index in [1.165, 1.54) is 22.6 Å². The molecule has 3 nitrogen and oxygen atoms in total. The number of likely N-dealkylation sites (N-methyl/N-ethyl adjacent to an activating group) is 1. The third-order valence-corrected chi connectivity index (χ3v) is 4.56. The number of hydrogen-bond acceptors (Lipinski definition) is 3. The van der Waals surface area contributed by atoms with Crippen LogP contribution in [0.4, 0.5) is 17.1 Å². The Morgan fingerprint density at radius 2 is 1.81 bits per heavy atom. The van der Waals surface area contributed by atoms with E-state index >= 15 is 0 Å². The monoisotopic (exact) mass is 345 g/mol. The van der Waals surface area contributed by atoms with Crippen molar-refractivity contribution >= 4 is 33.0 Å². The Bertz CT molecular complexity index is 642. The van der Waals surface area contributed by atoms with E-state index in [-0.39, 0.29) is 0 Å². The first-order valence-electron chi connectivity index (χ1n) is 7.21. The van der Waals surface area contributed by atoms with Crippen LogP contribution in [0.25, 0.3) is 0 Å². The average Bonchev–Trinajstić information content (AvgIpc) is 2.49. The summed E-state index contributed by atoms with van der Waals surface area (Å²) < 4.78 is 1.15. The van der Waals surface area contributed by atoms with Gasteiger partial charge in [-0.1, -0.05) is 18.2 Å². The first kappa shape index (κ1) is 14.4. The number of benzene rings is 2. The number of halogens is 1. The lowest BCUT2D eigenvalue weighted by molar-refractivity contribution is 0.811. The fourth-order valence-electron chi connectivity index (χ4n) is 2.84. The maximum Gasteiger partial charge on any atom is 0.0649 e. The number of hydrogen-bond donors (Lipinski definition) is 1. The zero-order valence-electron chi connectivity index (χ0n) is 12.4. The van der Waals surface area contributed by atoms with Gasteiger partial charge < -0.3 is 15.1 Å². The molecule has 0 aromatic heterocycles. The average molecular weight is 346 g/mol. The Morgan fingerprint density at radius 1 is 1.05 bits per heavy atom. The number of nitrogens with zero attached hydrogens (tertiary/aromatic N) is 2. The van der Waals surface area contributed by atoms with E-state index < -0.39 is 0 Å². The smallest absolute Gasteiger partial charge is 0.0649 e. The molecule has 21 heavy (non-hydrogen) atoms. The van der Waals surface area contributed by atoms with Gasteiger partial charge in [0, 0.05) is 31.2 Å². The molecule has 0 spiro atoms. The molecule has 4 heteroatoms. The van der Waals surface area contributed by atoms with Crippen molar-refractivity contribution in [2.24, 2.45) is 0 Å². The largest absolute Gasteiger partial charge is 0.371 e. The number of fused-ring (bicyclic) bond motifs is 1. The number of anilines is 3. The molecule has 0 atom stereocenters. The lowest BCUT2D eigenvalue weighted by atomic mass is 10.1. The third kappa shape index (κ3) is 2.78. The highest BCUT2D eigenvalue weighted by Gasteiger charge is 2.22. The van der Waals surface area contributed by atoms with Gasteiger partial charge in [0.25, 0.3) is 0 Å². The van der Waals surface area contributed by atoms with Crippen molar-refractivity contribution in [2.45, 2.75) is 6.54 Å². The number of nitrogens with one attached hydrogen (secondary N) is 1. The minimum atomic E-state index is 0.887. The van der Waals surface area contributed by atoms with Crippen LogP contribution in [-0.4, -0.2) is 27.2 Å². The highest BCUT2D eigenvalue weighted by Crippen LogP contribution is 2.39. The van der Waals surface area contributed by atoms with Gasteiger partial charge in [-0.3, -0.25) is 0 Å². The molecule has 0 saturated heterocycles. The molecule has 0 radical (unpaired) electrons. The number of para-hydroxylation sites is 2. The van der Waals surface area contributed by atoms with E-state index in [1.54, 1.807) is 0 Å². The molecule has 1 N–H and O–H groups in total. The Morgan fingerprint density at radius 3 is 2.52 bits per heavy atom. The highest BCUT2D eigenvalue weighted by molar-refractivity contribution is 9.10. The Balaban J connectivity index is 2.00. The predicted molar refractivity (Wildman–Crippen MR) is 93.6 cm³/mol. The lowest BCUT2D eigenvalue weighted by Gasteiger charge is -2.37. The summed E-state index contributed by atoms with van der Waals surface area (Å²) in [6.07, 6.45) is 0. The van der Waals surface area contributed by atoms with Crippen LogP contribution in [0.2, 0.25) is 0 Å².